The molecular weight excluding hydrogens is 188 g/mol. The van der Waals surface area contributed by atoms with E-state index in [1.165, 1.54) is 0 Å². The zero-order chi connectivity index (χ0) is 10.6. The Hall–Kier alpha value is -1.14. The first-order chi connectivity index (χ1) is 6.61. The van der Waals surface area contributed by atoms with Crippen molar-refractivity contribution in [1.29, 1.82) is 0 Å². The average molecular weight is 202 g/mol. The van der Waals surface area contributed by atoms with Crippen molar-refractivity contribution in [3.63, 3.8) is 0 Å². The minimum Gasteiger partial charge on any atom is -0.480 e. The van der Waals surface area contributed by atoms with Crippen molar-refractivity contribution in [2.45, 2.75) is 37.8 Å². The summed E-state index contributed by atoms with van der Waals surface area (Å²) >= 11 is 0. The zero-order valence-corrected chi connectivity index (χ0v) is 7.69. The van der Waals surface area contributed by atoms with E-state index in [1.54, 1.807) is 0 Å². The largest absolute Gasteiger partial charge is 0.480 e. The van der Waals surface area contributed by atoms with Gasteiger partial charge in [0, 0.05) is 0 Å². The Morgan fingerprint density at radius 3 is 1.57 bits per heavy atom. The van der Waals surface area contributed by atoms with Gasteiger partial charge in [-0.2, -0.15) is 0 Å². The highest BCUT2D eigenvalue weighted by molar-refractivity contribution is 5.74. The van der Waals surface area contributed by atoms with E-state index in [0.717, 1.165) is 12.8 Å². The maximum Gasteiger partial charge on any atom is 0.322 e. The van der Waals surface area contributed by atoms with Crippen LogP contribution in [-0.2, 0) is 9.59 Å². The highest BCUT2D eigenvalue weighted by atomic mass is 16.4. The molecule has 1 aliphatic heterocycles. The van der Waals surface area contributed by atoms with Crippen molar-refractivity contribution in [3.05, 3.63) is 0 Å². The molecule has 0 aromatic carbocycles. The summed E-state index contributed by atoms with van der Waals surface area (Å²) in [6.45, 7) is 0. The van der Waals surface area contributed by atoms with E-state index in [4.69, 9.17) is 10.2 Å². The van der Waals surface area contributed by atoms with Crippen LogP contribution in [0, 0.1) is 0 Å². The molecule has 1 aliphatic rings. The van der Waals surface area contributed by atoms with E-state index in [1.807, 2.05) is 0 Å². The molecule has 0 amide bonds. The summed E-state index contributed by atoms with van der Waals surface area (Å²) in [5, 5.41) is 17.5. The third-order valence-electron chi connectivity index (χ3n) is 2.26. The van der Waals surface area contributed by atoms with Crippen molar-refractivity contribution in [1.82, 2.24) is 10.9 Å². The van der Waals surface area contributed by atoms with Crippen LogP contribution in [0.15, 0.2) is 0 Å². The van der Waals surface area contributed by atoms with E-state index < -0.39 is 24.0 Å². The monoisotopic (exact) mass is 202 g/mol. The molecule has 6 nitrogen and oxygen atoms in total. The summed E-state index contributed by atoms with van der Waals surface area (Å²) in [6.07, 6.45) is 2.51. The van der Waals surface area contributed by atoms with Crippen LogP contribution < -0.4 is 10.9 Å². The molecule has 2 atom stereocenters. The molecule has 1 fully saturated rings. The zero-order valence-electron chi connectivity index (χ0n) is 7.69. The van der Waals surface area contributed by atoms with Gasteiger partial charge in [0.2, 0.25) is 0 Å². The standard InChI is InChI=1S/C8H14N2O4/c11-7(12)5-3-1-2-4-6(8(13)14)10-9-5/h5-6,9-10H,1-4H2,(H,11,12)(H,13,14). The molecule has 0 bridgehead atoms. The predicted octanol–water partition coefficient (Wildman–Crippen LogP) is -0.439. The number of carboxylic acid groups (broad SMARTS) is 2. The lowest BCUT2D eigenvalue weighted by Gasteiger charge is -2.22. The number of hydrogen-bond donors (Lipinski definition) is 4. The van der Waals surface area contributed by atoms with E-state index in [-0.39, 0.29) is 0 Å². The highest BCUT2D eigenvalue weighted by Gasteiger charge is 2.24. The molecule has 80 valence electrons. The molecule has 0 spiro atoms. The molecule has 0 aromatic heterocycles. The molecule has 0 saturated carbocycles. The van der Waals surface area contributed by atoms with Crippen LogP contribution in [-0.4, -0.2) is 34.2 Å². The van der Waals surface area contributed by atoms with E-state index >= 15 is 0 Å². The van der Waals surface area contributed by atoms with Crippen LogP contribution in [0.25, 0.3) is 0 Å². The molecule has 4 N–H and O–H groups in total. The molecule has 2 unspecified atom stereocenters. The van der Waals surface area contributed by atoms with Gasteiger partial charge in [0.25, 0.3) is 0 Å². The topological polar surface area (TPSA) is 98.7 Å². The van der Waals surface area contributed by atoms with Gasteiger partial charge < -0.3 is 10.2 Å². The Balaban J connectivity index is 2.50. The van der Waals surface area contributed by atoms with Crippen LogP contribution in [0.2, 0.25) is 0 Å². The number of carbonyl (C=O) groups is 2. The lowest BCUT2D eigenvalue weighted by molar-refractivity contribution is -0.143. The highest BCUT2D eigenvalue weighted by Crippen LogP contribution is 2.09. The minimum atomic E-state index is -0.955. The molecule has 6 heteroatoms. The predicted molar refractivity (Wildman–Crippen MR) is 47.6 cm³/mol. The van der Waals surface area contributed by atoms with Gasteiger partial charge >= 0.3 is 11.9 Å². The summed E-state index contributed by atoms with van der Waals surface area (Å²) in [7, 11) is 0. The number of carboxylic acids is 2. The Labute approximate surface area is 81.3 Å². The lowest BCUT2D eigenvalue weighted by Crippen LogP contribution is -2.53. The van der Waals surface area contributed by atoms with E-state index in [9.17, 15) is 9.59 Å². The second-order valence-electron chi connectivity index (χ2n) is 3.35. The van der Waals surface area contributed by atoms with E-state index in [0.29, 0.717) is 12.8 Å². The number of hydrazine groups is 1. The quantitative estimate of drug-likeness (QED) is 0.484. The first-order valence-electron chi connectivity index (χ1n) is 4.58. The second-order valence-corrected chi connectivity index (χ2v) is 3.35. The van der Waals surface area contributed by atoms with Gasteiger partial charge in [-0.3, -0.25) is 9.59 Å². The maximum absolute atomic E-state index is 10.6. The van der Waals surface area contributed by atoms with Crippen LogP contribution in [0.4, 0.5) is 0 Å². The summed E-state index contributed by atoms with van der Waals surface area (Å²) in [4.78, 5) is 21.3. The molecule has 0 aromatic rings. The minimum absolute atomic E-state index is 0.522. The fourth-order valence-corrected chi connectivity index (χ4v) is 1.41. The molecule has 1 saturated heterocycles. The summed E-state index contributed by atoms with van der Waals surface area (Å²) < 4.78 is 0. The molecule has 0 radical (unpaired) electrons. The maximum atomic E-state index is 10.6. The fraction of sp³-hybridized carbons (Fsp3) is 0.750. The summed E-state index contributed by atoms with van der Waals surface area (Å²) in [5.74, 6) is -1.91. The van der Waals surface area contributed by atoms with Crippen LogP contribution in [0.5, 0.6) is 0 Å². The summed E-state index contributed by atoms with van der Waals surface area (Å²) in [6, 6.07) is -1.39. The van der Waals surface area contributed by atoms with Crippen LogP contribution in [0.1, 0.15) is 25.7 Å². The second kappa shape index (κ2) is 4.92. The van der Waals surface area contributed by atoms with Gasteiger partial charge in [-0.25, -0.2) is 10.9 Å². The molecule has 14 heavy (non-hydrogen) atoms. The molecule has 1 heterocycles. The Morgan fingerprint density at radius 2 is 1.29 bits per heavy atom. The van der Waals surface area contributed by atoms with Crippen molar-refractivity contribution in [2.75, 3.05) is 0 Å². The van der Waals surface area contributed by atoms with Gasteiger partial charge in [0.1, 0.15) is 12.1 Å². The lowest BCUT2D eigenvalue weighted by atomic mass is 10.0. The molecule has 0 aliphatic carbocycles. The Bertz CT molecular complexity index is 207. The molecular formula is C8H14N2O4. The van der Waals surface area contributed by atoms with Gasteiger partial charge in [0.15, 0.2) is 0 Å². The number of aliphatic carboxylic acids is 2. The van der Waals surface area contributed by atoms with Gasteiger partial charge in [-0.05, 0) is 12.8 Å². The van der Waals surface area contributed by atoms with Crippen molar-refractivity contribution >= 4 is 11.9 Å². The SMILES string of the molecule is O=C(O)C1CCCCC(C(=O)O)NN1. The summed E-state index contributed by atoms with van der Waals surface area (Å²) in [5.41, 5.74) is 5.04. The first kappa shape index (κ1) is 10.9. The van der Waals surface area contributed by atoms with Crippen molar-refractivity contribution in [3.8, 4) is 0 Å². The smallest absolute Gasteiger partial charge is 0.322 e. The van der Waals surface area contributed by atoms with Gasteiger partial charge in [-0.1, -0.05) is 12.8 Å². The number of rotatable bonds is 2. The third-order valence-corrected chi connectivity index (χ3v) is 2.26. The Kier molecular flexibility index (Phi) is 3.84. The van der Waals surface area contributed by atoms with Crippen LogP contribution >= 0.6 is 0 Å². The number of hydrogen-bond acceptors (Lipinski definition) is 4. The van der Waals surface area contributed by atoms with Crippen molar-refractivity contribution in [2.24, 2.45) is 0 Å². The average Bonchev–Trinajstić information content (AvgIpc) is 2.01. The Morgan fingerprint density at radius 1 is 0.929 bits per heavy atom. The van der Waals surface area contributed by atoms with E-state index in [2.05, 4.69) is 10.9 Å². The van der Waals surface area contributed by atoms with Gasteiger partial charge in [-0.15, -0.1) is 0 Å². The van der Waals surface area contributed by atoms with Gasteiger partial charge in [0.05, 0.1) is 0 Å². The van der Waals surface area contributed by atoms with Crippen molar-refractivity contribution < 1.29 is 19.8 Å². The normalized spacial score (nSPS) is 28.9. The number of nitrogens with one attached hydrogen (secondary N) is 2. The third kappa shape index (κ3) is 2.97. The fourth-order valence-electron chi connectivity index (χ4n) is 1.41. The van der Waals surface area contributed by atoms with Crippen LogP contribution in [0.3, 0.4) is 0 Å². The first-order valence-corrected chi connectivity index (χ1v) is 4.58. The molecule has 1 rings (SSSR count).